The van der Waals surface area contributed by atoms with Crippen LogP contribution >= 0.6 is 39.1 Å². The van der Waals surface area contributed by atoms with Crippen molar-refractivity contribution in [1.82, 2.24) is 0 Å². The Bertz CT molecular complexity index is 755. The maximum atomic E-state index is 6.10. The van der Waals surface area contributed by atoms with Crippen molar-refractivity contribution in [3.63, 3.8) is 0 Å². The minimum atomic E-state index is -0.551. The third kappa shape index (κ3) is 3.03. The van der Waals surface area contributed by atoms with Crippen LogP contribution in [0.2, 0.25) is 10.0 Å². The first-order valence-electron chi connectivity index (χ1n) is 6.85. The van der Waals surface area contributed by atoms with Crippen LogP contribution < -0.4 is 0 Å². The highest BCUT2D eigenvalue weighted by molar-refractivity contribution is 9.10. The van der Waals surface area contributed by atoms with E-state index in [0.717, 1.165) is 21.3 Å². The Balaban J connectivity index is 1.90. The van der Waals surface area contributed by atoms with Crippen LogP contribution in [0.15, 0.2) is 46.0 Å². The molecule has 22 heavy (non-hydrogen) atoms. The van der Waals surface area contributed by atoms with Gasteiger partial charge in [0.15, 0.2) is 5.60 Å². The topological polar surface area (TPSA) is 21.6 Å². The zero-order valence-electron chi connectivity index (χ0n) is 12.2. The average Bonchev–Trinajstić information content (AvgIpc) is 2.85. The summed E-state index contributed by atoms with van der Waals surface area (Å²) < 4.78 is 1.08. The second-order valence-corrected chi connectivity index (χ2v) is 7.39. The molecule has 1 unspecified atom stereocenters. The molecule has 1 aliphatic heterocycles. The first kappa shape index (κ1) is 15.9. The van der Waals surface area contributed by atoms with E-state index in [9.17, 15) is 0 Å². The van der Waals surface area contributed by atoms with Gasteiger partial charge in [0.1, 0.15) is 0 Å². The van der Waals surface area contributed by atoms with Crippen LogP contribution in [0.3, 0.4) is 0 Å². The minimum absolute atomic E-state index is 0.551. The number of benzene rings is 2. The predicted molar refractivity (Wildman–Crippen MR) is 94.9 cm³/mol. The standard InChI is InChI=1S/C17H14BrCl2NO/c1-10-5-11(3-4-15(10)18)16-9-17(2,22-21-16)12-6-13(19)8-14(20)7-12/h3-8H,9H2,1-2H3. The summed E-state index contributed by atoms with van der Waals surface area (Å²) in [6, 6.07) is 11.6. The van der Waals surface area contributed by atoms with Gasteiger partial charge in [0, 0.05) is 26.5 Å². The monoisotopic (exact) mass is 397 g/mol. The second kappa shape index (κ2) is 5.88. The molecule has 1 heterocycles. The first-order chi connectivity index (χ1) is 10.4. The summed E-state index contributed by atoms with van der Waals surface area (Å²) >= 11 is 15.7. The Morgan fingerprint density at radius 1 is 1.14 bits per heavy atom. The fourth-order valence-corrected chi connectivity index (χ4v) is 3.31. The number of rotatable bonds is 2. The molecule has 0 radical (unpaired) electrons. The van der Waals surface area contributed by atoms with E-state index in [2.05, 4.69) is 34.1 Å². The van der Waals surface area contributed by atoms with Gasteiger partial charge in [-0.15, -0.1) is 0 Å². The van der Waals surface area contributed by atoms with E-state index < -0.39 is 5.60 Å². The first-order valence-corrected chi connectivity index (χ1v) is 8.40. The lowest BCUT2D eigenvalue weighted by Crippen LogP contribution is -2.22. The highest BCUT2D eigenvalue weighted by atomic mass is 79.9. The quantitative estimate of drug-likeness (QED) is 0.598. The lowest BCUT2D eigenvalue weighted by atomic mass is 9.89. The Morgan fingerprint density at radius 3 is 2.45 bits per heavy atom. The number of aryl methyl sites for hydroxylation is 1. The molecule has 0 aliphatic carbocycles. The maximum Gasteiger partial charge on any atom is 0.165 e. The average molecular weight is 399 g/mol. The summed E-state index contributed by atoms with van der Waals surface area (Å²) in [7, 11) is 0. The van der Waals surface area contributed by atoms with Crippen LogP contribution in [0.5, 0.6) is 0 Å². The zero-order chi connectivity index (χ0) is 15.9. The summed E-state index contributed by atoms with van der Waals surface area (Å²) in [6.45, 7) is 4.05. The van der Waals surface area contributed by atoms with Crippen molar-refractivity contribution in [3.05, 3.63) is 67.6 Å². The van der Waals surface area contributed by atoms with Crippen molar-refractivity contribution >= 4 is 44.8 Å². The normalized spacial score (nSPS) is 20.7. The predicted octanol–water partition coefficient (Wildman–Crippen LogP) is 6.10. The molecule has 0 saturated heterocycles. The molecule has 5 heteroatoms. The van der Waals surface area contributed by atoms with Gasteiger partial charge in [-0.2, -0.15) is 0 Å². The van der Waals surface area contributed by atoms with E-state index in [-0.39, 0.29) is 0 Å². The second-order valence-electron chi connectivity index (χ2n) is 5.66. The fourth-order valence-electron chi connectivity index (χ4n) is 2.53. The molecule has 0 amide bonds. The lowest BCUT2D eigenvalue weighted by Gasteiger charge is -2.22. The molecule has 0 N–H and O–H groups in total. The fraction of sp³-hybridized carbons (Fsp3) is 0.235. The van der Waals surface area contributed by atoms with Crippen molar-refractivity contribution in [2.45, 2.75) is 25.9 Å². The molecule has 2 nitrogen and oxygen atoms in total. The van der Waals surface area contributed by atoms with Crippen LogP contribution in [0.4, 0.5) is 0 Å². The molecule has 114 valence electrons. The Morgan fingerprint density at radius 2 is 1.82 bits per heavy atom. The van der Waals surface area contributed by atoms with Crippen molar-refractivity contribution in [3.8, 4) is 0 Å². The highest BCUT2D eigenvalue weighted by Crippen LogP contribution is 2.38. The molecular formula is C17H14BrCl2NO. The molecular weight excluding hydrogens is 385 g/mol. The van der Waals surface area contributed by atoms with Crippen LogP contribution in [0.1, 0.15) is 30.0 Å². The lowest BCUT2D eigenvalue weighted by molar-refractivity contribution is -0.00737. The van der Waals surface area contributed by atoms with Gasteiger partial charge in [-0.25, -0.2) is 0 Å². The summed E-state index contributed by atoms with van der Waals surface area (Å²) in [5.74, 6) is 0. The molecule has 0 fully saturated rings. The van der Waals surface area contributed by atoms with Crippen molar-refractivity contribution in [1.29, 1.82) is 0 Å². The van der Waals surface area contributed by atoms with Crippen LogP contribution in [-0.2, 0) is 10.4 Å². The van der Waals surface area contributed by atoms with Gasteiger partial charge in [-0.1, -0.05) is 50.4 Å². The van der Waals surface area contributed by atoms with E-state index in [1.54, 1.807) is 6.07 Å². The largest absolute Gasteiger partial charge is 0.384 e. The third-order valence-electron chi connectivity index (χ3n) is 3.83. The SMILES string of the molecule is Cc1cc(C2=NOC(C)(c3cc(Cl)cc(Cl)c3)C2)ccc1Br. The molecule has 0 bridgehead atoms. The smallest absolute Gasteiger partial charge is 0.165 e. The summed E-state index contributed by atoms with van der Waals surface area (Å²) in [5.41, 5.74) is 3.54. The third-order valence-corrected chi connectivity index (χ3v) is 5.15. The van der Waals surface area contributed by atoms with Gasteiger partial charge < -0.3 is 4.84 Å². The van der Waals surface area contributed by atoms with Crippen LogP contribution in [0, 0.1) is 6.92 Å². The Kier molecular flexibility index (Phi) is 4.23. The highest BCUT2D eigenvalue weighted by Gasteiger charge is 2.37. The molecule has 1 aliphatic rings. The van der Waals surface area contributed by atoms with Crippen LogP contribution in [-0.4, -0.2) is 5.71 Å². The van der Waals surface area contributed by atoms with Gasteiger partial charge in [-0.05, 0) is 55.3 Å². The minimum Gasteiger partial charge on any atom is -0.384 e. The summed E-state index contributed by atoms with van der Waals surface area (Å²) in [6.07, 6.45) is 0.671. The van der Waals surface area contributed by atoms with Crippen LogP contribution in [0.25, 0.3) is 0 Å². The van der Waals surface area contributed by atoms with Gasteiger partial charge in [0.25, 0.3) is 0 Å². The summed E-state index contributed by atoms with van der Waals surface area (Å²) in [5, 5.41) is 5.48. The molecule has 0 spiro atoms. The van der Waals surface area contributed by atoms with E-state index in [0.29, 0.717) is 16.5 Å². The molecule has 3 rings (SSSR count). The zero-order valence-corrected chi connectivity index (χ0v) is 15.3. The number of halogens is 3. The van der Waals surface area contributed by atoms with Crippen molar-refractivity contribution in [2.75, 3.05) is 0 Å². The van der Waals surface area contributed by atoms with E-state index >= 15 is 0 Å². The Labute approximate surface area is 148 Å². The van der Waals surface area contributed by atoms with E-state index in [4.69, 9.17) is 28.0 Å². The molecule has 1 atom stereocenters. The van der Waals surface area contributed by atoms with Gasteiger partial charge in [0.2, 0.25) is 0 Å². The van der Waals surface area contributed by atoms with Gasteiger partial charge in [-0.3, -0.25) is 0 Å². The van der Waals surface area contributed by atoms with Gasteiger partial charge >= 0.3 is 0 Å². The van der Waals surface area contributed by atoms with Gasteiger partial charge in [0.05, 0.1) is 5.71 Å². The van der Waals surface area contributed by atoms with Crippen molar-refractivity contribution in [2.24, 2.45) is 5.16 Å². The van der Waals surface area contributed by atoms with E-state index in [1.807, 2.05) is 31.2 Å². The molecule has 0 saturated carbocycles. The summed E-state index contributed by atoms with van der Waals surface area (Å²) in [4.78, 5) is 5.73. The number of nitrogens with zero attached hydrogens (tertiary/aromatic N) is 1. The molecule has 2 aromatic rings. The number of hydrogen-bond acceptors (Lipinski definition) is 2. The molecule has 0 aromatic heterocycles. The van der Waals surface area contributed by atoms with Crippen molar-refractivity contribution < 1.29 is 4.84 Å². The number of oxime groups is 1. The van der Waals surface area contributed by atoms with E-state index in [1.165, 1.54) is 5.56 Å². The Hall–Kier alpha value is -1.03. The molecule has 2 aromatic carbocycles. The maximum absolute atomic E-state index is 6.10. The number of hydrogen-bond donors (Lipinski definition) is 0.